The highest BCUT2D eigenvalue weighted by Gasteiger charge is 2.10. The third kappa shape index (κ3) is 39.3. The third-order valence-electron chi connectivity index (χ3n) is 0.856. The number of aliphatic hydroxyl groups excluding tert-OH is 2. The monoisotopic (exact) mass is 250 g/mol. The fraction of sp³-hybridized carbons (Fsp3) is 1.00. The van der Waals surface area contributed by atoms with E-state index in [0.29, 0.717) is 0 Å². The van der Waals surface area contributed by atoms with Crippen molar-refractivity contribution >= 4 is 0 Å². The zero-order valence-corrected chi connectivity index (χ0v) is 11.0. The summed E-state index contributed by atoms with van der Waals surface area (Å²) in [7, 11) is 0. The molecule has 0 bridgehead atoms. The molecule has 0 atom stereocenters. The van der Waals surface area contributed by atoms with Crippen LogP contribution in [0.5, 0.6) is 0 Å². The maximum atomic E-state index is 8.34. The molecule has 0 fully saturated rings. The van der Waals surface area contributed by atoms with Crippen molar-refractivity contribution < 1.29 is 46.5 Å². The van der Waals surface area contributed by atoms with Gasteiger partial charge in [-0.25, -0.2) is 0 Å². The average molecular weight is 251 g/mol. The highest BCUT2D eigenvalue weighted by atomic mass is 35.5. The lowest BCUT2D eigenvalue weighted by Gasteiger charge is -2.07. The fourth-order valence-corrected chi connectivity index (χ4v) is 0. The lowest BCUT2D eigenvalue weighted by atomic mass is 10.1. The van der Waals surface area contributed by atoms with E-state index in [2.05, 4.69) is 11.5 Å². The quantitative estimate of drug-likeness (QED) is 0.392. The minimum atomic E-state index is -0.153. The van der Waals surface area contributed by atoms with E-state index in [-0.39, 0.29) is 49.1 Å². The van der Waals surface area contributed by atoms with Crippen molar-refractivity contribution in [1.82, 2.24) is 0 Å². The van der Waals surface area contributed by atoms with Crippen LogP contribution in [0.15, 0.2) is 0 Å². The van der Waals surface area contributed by atoms with Gasteiger partial charge < -0.3 is 46.5 Å². The summed E-state index contributed by atoms with van der Waals surface area (Å²) in [6, 6.07) is 0. The molecule has 14 heavy (non-hydrogen) atoms. The van der Waals surface area contributed by atoms with Gasteiger partial charge >= 0.3 is 0 Å². The summed E-state index contributed by atoms with van der Waals surface area (Å²) < 4.78 is 0. The Morgan fingerprint density at radius 1 is 0.786 bits per heavy atom. The van der Waals surface area contributed by atoms with Crippen LogP contribution in [0, 0.1) is 0 Å². The van der Waals surface area contributed by atoms with Gasteiger partial charge in [-0.3, -0.25) is 0 Å². The Bertz CT molecular complexity index is 96.9. The van der Waals surface area contributed by atoms with Crippen molar-refractivity contribution in [3.63, 3.8) is 0 Å². The predicted octanol–water partition coefficient (Wildman–Crippen LogP) is -7.99. The zero-order chi connectivity index (χ0) is 10.4. The summed E-state index contributed by atoms with van der Waals surface area (Å²) in [5.41, 5.74) is 6.97. The largest absolute Gasteiger partial charge is 1.00 e. The van der Waals surface area contributed by atoms with Gasteiger partial charge in [0.2, 0.25) is 0 Å². The molecule has 0 aromatic carbocycles. The normalized spacial score (nSPS) is 10.3. The molecular weight excluding hydrogens is 227 g/mol. The van der Waals surface area contributed by atoms with Crippen molar-refractivity contribution in [3.8, 4) is 0 Å². The summed E-state index contributed by atoms with van der Waals surface area (Å²) in [5, 5.41) is 16.7. The van der Waals surface area contributed by atoms with Gasteiger partial charge in [0.1, 0.15) is 11.1 Å². The first kappa shape index (κ1) is 23.9. The van der Waals surface area contributed by atoms with Gasteiger partial charge in [0, 0.05) is 0 Å². The van der Waals surface area contributed by atoms with E-state index in [0.717, 1.165) is 0 Å². The molecule has 0 aliphatic carbocycles. The third-order valence-corrected chi connectivity index (χ3v) is 0.856. The lowest BCUT2D eigenvalue weighted by Crippen LogP contribution is -3.00. The average Bonchev–Trinajstić information content (AvgIpc) is 1.86. The first-order valence-electron chi connectivity index (χ1n) is 4.05. The van der Waals surface area contributed by atoms with Gasteiger partial charge in [-0.15, -0.1) is 0 Å². The van der Waals surface area contributed by atoms with Crippen LogP contribution in [0.4, 0.5) is 0 Å². The van der Waals surface area contributed by atoms with E-state index >= 15 is 0 Å². The topological polar surface area (TPSA) is 95.7 Å². The van der Waals surface area contributed by atoms with Crippen molar-refractivity contribution in [1.29, 1.82) is 0 Å². The first-order valence-corrected chi connectivity index (χ1v) is 4.05. The molecule has 0 unspecified atom stereocenters. The fourth-order valence-electron chi connectivity index (χ4n) is 0. The molecule has 0 amide bonds. The van der Waals surface area contributed by atoms with Crippen LogP contribution in [-0.2, 0) is 0 Å². The van der Waals surface area contributed by atoms with Crippen LogP contribution in [0.3, 0.4) is 0 Å². The molecule has 0 rings (SSSR count). The van der Waals surface area contributed by atoms with Gasteiger partial charge in [0.25, 0.3) is 0 Å². The second-order valence-electron chi connectivity index (χ2n) is 4.64. The van der Waals surface area contributed by atoms with Gasteiger partial charge in [-0.2, -0.15) is 0 Å². The molecule has 0 aliphatic heterocycles. The molecule has 0 aliphatic rings. The smallest absolute Gasteiger partial charge is 0.112 e. The minimum absolute atomic E-state index is 0. The van der Waals surface area contributed by atoms with E-state index in [1.807, 2.05) is 27.7 Å². The summed E-state index contributed by atoms with van der Waals surface area (Å²) >= 11 is 0. The maximum absolute atomic E-state index is 8.34. The van der Waals surface area contributed by atoms with Crippen LogP contribution in [0.1, 0.15) is 27.7 Å². The molecule has 0 saturated heterocycles. The Balaban J connectivity index is -0.0000000625. The van der Waals surface area contributed by atoms with Crippen LogP contribution >= 0.6 is 0 Å². The van der Waals surface area contributed by atoms with Crippen molar-refractivity contribution in [3.05, 3.63) is 0 Å². The minimum Gasteiger partial charge on any atom is -1.00 e. The molecule has 4 nitrogen and oxygen atoms in total. The highest BCUT2D eigenvalue weighted by molar-refractivity contribution is 4.57. The summed E-state index contributed by atoms with van der Waals surface area (Å²) in [5.74, 6) is 0. The van der Waals surface area contributed by atoms with Crippen molar-refractivity contribution in [2.75, 3.05) is 13.2 Å². The highest BCUT2D eigenvalue weighted by Crippen LogP contribution is 1.86. The molecule has 0 radical (unpaired) electrons. The van der Waals surface area contributed by atoms with Crippen LogP contribution in [0.25, 0.3) is 0 Å². The van der Waals surface area contributed by atoms with E-state index in [1.54, 1.807) is 0 Å². The molecule has 0 spiro atoms. The van der Waals surface area contributed by atoms with Gasteiger partial charge in [0.15, 0.2) is 0 Å². The predicted molar refractivity (Wildman–Crippen MR) is 48.1 cm³/mol. The molecular formula is C8H24Cl2N2O2. The summed E-state index contributed by atoms with van der Waals surface area (Å²) in [6.07, 6.45) is 0. The Kier molecular flexibility index (Phi) is 17.0. The van der Waals surface area contributed by atoms with Gasteiger partial charge in [0.05, 0.1) is 13.2 Å². The second kappa shape index (κ2) is 9.96. The molecule has 0 aromatic rings. The standard InChI is InChI=1S/2C4H11NO.2ClH/c2*1-4(2,5)3-6;;/h2*6H,3,5H2,1-2H3;2*1H. The van der Waals surface area contributed by atoms with E-state index in [4.69, 9.17) is 10.2 Å². The SMILES string of the molecule is CC(C)([NH3+])CO.CC(C)([NH3+])CO.[Cl-].[Cl-]. The maximum Gasteiger partial charge on any atom is 0.112 e. The number of quaternary nitrogens is 2. The number of rotatable bonds is 2. The Morgan fingerprint density at radius 3 is 0.857 bits per heavy atom. The molecule has 0 heterocycles. The van der Waals surface area contributed by atoms with Crippen molar-refractivity contribution in [2.45, 2.75) is 38.8 Å². The Hall–Kier alpha value is 0.420. The Labute approximate surface area is 98.9 Å². The molecule has 6 heteroatoms. The van der Waals surface area contributed by atoms with Gasteiger partial charge in [-0.05, 0) is 27.7 Å². The molecule has 8 N–H and O–H groups in total. The molecule has 0 saturated carbocycles. The van der Waals surface area contributed by atoms with Crippen LogP contribution < -0.4 is 36.3 Å². The number of halogens is 2. The Morgan fingerprint density at radius 2 is 0.857 bits per heavy atom. The van der Waals surface area contributed by atoms with Crippen molar-refractivity contribution in [2.24, 2.45) is 0 Å². The van der Waals surface area contributed by atoms with Crippen LogP contribution in [-0.4, -0.2) is 34.5 Å². The summed E-state index contributed by atoms with van der Waals surface area (Å²) in [4.78, 5) is 0. The molecule has 92 valence electrons. The molecule has 0 aromatic heterocycles. The zero-order valence-electron chi connectivity index (χ0n) is 9.48. The lowest BCUT2D eigenvalue weighted by molar-refractivity contribution is -0.471. The van der Waals surface area contributed by atoms with E-state index < -0.39 is 0 Å². The van der Waals surface area contributed by atoms with E-state index in [9.17, 15) is 0 Å². The number of hydrogen-bond donors (Lipinski definition) is 4. The number of hydrogen-bond acceptors (Lipinski definition) is 2. The first-order chi connectivity index (χ1) is 5.12. The van der Waals surface area contributed by atoms with E-state index in [1.165, 1.54) is 0 Å². The number of aliphatic hydroxyl groups is 2. The van der Waals surface area contributed by atoms with Crippen LogP contribution in [0.2, 0.25) is 0 Å². The summed E-state index contributed by atoms with van der Waals surface area (Å²) in [6.45, 7) is 7.85. The second-order valence-corrected chi connectivity index (χ2v) is 4.64. The van der Waals surface area contributed by atoms with Gasteiger partial charge in [-0.1, -0.05) is 0 Å².